The molecule has 0 aromatic carbocycles. The van der Waals surface area contributed by atoms with Crippen LogP contribution in [0.25, 0.3) is 5.65 Å². The Hall–Kier alpha value is -1.88. The molecule has 0 aliphatic rings. The molecule has 102 valence electrons. The van der Waals surface area contributed by atoms with Crippen molar-refractivity contribution in [3.63, 3.8) is 0 Å². The summed E-state index contributed by atoms with van der Waals surface area (Å²) in [6.07, 6.45) is 5.41. The van der Waals surface area contributed by atoms with Crippen LogP contribution in [0.3, 0.4) is 0 Å². The third-order valence-corrected chi connectivity index (χ3v) is 3.05. The molecule has 0 bridgehead atoms. The lowest BCUT2D eigenvalue weighted by atomic mass is 10.1. The van der Waals surface area contributed by atoms with Crippen LogP contribution >= 0.6 is 0 Å². The number of pyridine rings is 1. The van der Waals surface area contributed by atoms with Gasteiger partial charge in [-0.3, -0.25) is 10.1 Å². The maximum atomic E-state index is 11.0. The van der Waals surface area contributed by atoms with E-state index in [1.807, 2.05) is 42.8 Å². The van der Waals surface area contributed by atoms with Gasteiger partial charge in [0.1, 0.15) is 11.7 Å². The van der Waals surface area contributed by atoms with Gasteiger partial charge in [0.15, 0.2) is 0 Å². The normalized spacial score (nSPS) is 12.7. The predicted molar refractivity (Wildman–Crippen MR) is 73.1 cm³/mol. The smallest absolute Gasteiger partial charge is 0.320 e. The van der Waals surface area contributed by atoms with Crippen LogP contribution < -0.4 is 5.32 Å². The molecule has 2 aromatic rings. The maximum absolute atomic E-state index is 11.0. The fraction of sp³-hybridized carbons (Fsp3) is 0.429. The molecule has 2 rings (SSSR count). The molecule has 2 N–H and O–H groups in total. The zero-order valence-electron chi connectivity index (χ0n) is 11.3. The largest absolute Gasteiger partial charge is 0.480 e. The molecule has 5 nitrogen and oxygen atoms in total. The number of carboxylic acids is 1. The Labute approximate surface area is 112 Å². The van der Waals surface area contributed by atoms with Crippen LogP contribution in [0.15, 0.2) is 24.5 Å². The Morgan fingerprint density at radius 3 is 2.95 bits per heavy atom. The van der Waals surface area contributed by atoms with E-state index in [2.05, 4.69) is 10.3 Å². The first-order valence-corrected chi connectivity index (χ1v) is 6.50. The number of rotatable bonds is 6. The van der Waals surface area contributed by atoms with Gasteiger partial charge in [-0.25, -0.2) is 4.98 Å². The topological polar surface area (TPSA) is 66.6 Å². The van der Waals surface area contributed by atoms with E-state index < -0.39 is 12.0 Å². The zero-order chi connectivity index (χ0) is 13.8. The van der Waals surface area contributed by atoms with E-state index in [-0.39, 0.29) is 0 Å². The van der Waals surface area contributed by atoms with Gasteiger partial charge in [-0.05, 0) is 25.0 Å². The maximum Gasteiger partial charge on any atom is 0.320 e. The van der Waals surface area contributed by atoms with Crippen molar-refractivity contribution in [2.24, 2.45) is 0 Å². The van der Waals surface area contributed by atoms with Gasteiger partial charge in [0, 0.05) is 18.9 Å². The second-order valence-electron chi connectivity index (χ2n) is 4.76. The van der Waals surface area contributed by atoms with Crippen molar-refractivity contribution < 1.29 is 9.90 Å². The van der Waals surface area contributed by atoms with Gasteiger partial charge in [0.2, 0.25) is 0 Å². The van der Waals surface area contributed by atoms with Crippen LogP contribution in [-0.4, -0.2) is 26.5 Å². The average Bonchev–Trinajstić information content (AvgIpc) is 2.75. The van der Waals surface area contributed by atoms with E-state index in [0.29, 0.717) is 13.0 Å². The van der Waals surface area contributed by atoms with Gasteiger partial charge in [-0.15, -0.1) is 0 Å². The quantitative estimate of drug-likeness (QED) is 0.834. The van der Waals surface area contributed by atoms with Crippen LogP contribution in [0.4, 0.5) is 0 Å². The molecule has 0 aliphatic heterocycles. The van der Waals surface area contributed by atoms with Crippen LogP contribution in [0.5, 0.6) is 0 Å². The molecule has 0 aliphatic carbocycles. The summed E-state index contributed by atoms with van der Waals surface area (Å²) in [7, 11) is 0. The number of nitrogens with zero attached hydrogens (tertiary/aromatic N) is 2. The van der Waals surface area contributed by atoms with Crippen molar-refractivity contribution in [3.05, 3.63) is 35.8 Å². The van der Waals surface area contributed by atoms with E-state index in [9.17, 15) is 4.79 Å². The molecule has 1 atom stereocenters. The number of hydrogen-bond acceptors (Lipinski definition) is 3. The molecule has 19 heavy (non-hydrogen) atoms. The van der Waals surface area contributed by atoms with Crippen LogP contribution in [0.1, 0.15) is 31.0 Å². The summed E-state index contributed by atoms with van der Waals surface area (Å²) in [6.45, 7) is 4.47. The van der Waals surface area contributed by atoms with Gasteiger partial charge in [-0.2, -0.15) is 0 Å². The lowest BCUT2D eigenvalue weighted by molar-refractivity contribution is -0.139. The Morgan fingerprint density at radius 2 is 2.26 bits per heavy atom. The fourth-order valence-corrected chi connectivity index (χ4v) is 2.07. The number of hydrogen-bond donors (Lipinski definition) is 2. The lowest BCUT2D eigenvalue weighted by Gasteiger charge is -2.11. The second-order valence-corrected chi connectivity index (χ2v) is 4.76. The molecule has 5 heteroatoms. The summed E-state index contributed by atoms with van der Waals surface area (Å²) < 4.78 is 1.96. The fourth-order valence-electron chi connectivity index (χ4n) is 2.07. The third-order valence-electron chi connectivity index (χ3n) is 3.05. The first-order chi connectivity index (χ1) is 9.10. The summed E-state index contributed by atoms with van der Waals surface area (Å²) in [4.78, 5) is 15.5. The molecule has 0 fully saturated rings. The van der Waals surface area contributed by atoms with Crippen molar-refractivity contribution in [2.45, 2.75) is 39.3 Å². The molecule has 0 saturated carbocycles. The highest BCUT2D eigenvalue weighted by Crippen LogP contribution is 2.08. The number of aliphatic carboxylic acids is 1. The van der Waals surface area contributed by atoms with Crippen LogP contribution in [0.2, 0.25) is 0 Å². The van der Waals surface area contributed by atoms with Gasteiger partial charge in [0.05, 0.1) is 5.69 Å². The second kappa shape index (κ2) is 5.84. The minimum absolute atomic E-state index is 0.470. The van der Waals surface area contributed by atoms with E-state index in [1.165, 1.54) is 5.56 Å². The molecule has 1 unspecified atom stereocenters. The highest BCUT2D eigenvalue weighted by atomic mass is 16.4. The molecule has 0 radical (unpaired) electrons. The Morgan fingerprint density at radius 1 is 1.47 bits per heavy atom. The van der Waals surface area contributed by atoms with Crippen molar-refractivity contribution in [3.8, 4) is 0 Å². The predicted octanol–water partition coefficient (Wildman–Crippen LogP) is 1.99. The van der Waals surface area contributed by atoms with E-state index in [1.54, 1.807) is 0 Å². The Balaban J connectivity index is 2.06. The zero-order valence-corrected chi connectivity index (χ0v) is 11.3. The van der Waals surface area contributed by atoms with Crippen molar-refractivity contribution in [2.75, 3.05) is 0 Å². The summed E-state index contributed by atoms with van der Waals surface area (Å²) in [5, 5.41) is 12.1. The van der Waals surface area contributed by atoms with E-state index in [4.69, 9.17) is 5.11 Å². The van der Waals surface area contributed by atoms with Gasteiger partial charge >= 0.3 is 5.97 Å². The van der Waals surface area contributed by atoms with E-state index >= 15 is 0 Å². The number of carboxylic acid groups (broad SMARTS) is 1. The molecule has 2 aromatic heterocycles. The van der Waals surface area contributed by atoms with Crippen molar-refractivity contribution in [1.82, 2.24) is 14.7 Å². The monoisotopic (exact) mass is 261 g/mol. The average molecular weight is 261 g/mol. The highest BCUT2D eigenvalue weighted by molar-refractivity contribution is 5.73. The molecule has 0 saturated heterocycles. The number of aromatic nitrogens is 2. The van der Waals surface area contributed by atoms with Crippen molar-refractivity contribution >= 4 is 11.6 Å². The minimum atomic E-state index is -0.804. The number of carbonyl (C=O) groups is 1. The lowest BCUT2D eigenvalue weighted by Crippen LogP contribution is -2.36. The van der Waals surface area contributed by atoms with Crippen LogP contribution in [-0.2, 0) is 11.3 Å². The highest BCUT2D eigenvalue weighted by Gasteiger charge is 2.15. The Bertz CT molecular complexity index is 577. The summed E-state index contributed by atoms with van der Waals surface area (Å²) in [5.74, 6) is -0.804. The standard InChI is InChI=1S/C14H19N3O2/c1-3-4-12(14(18)19)15-7-11-9-17-8-10(2)5-6-13(17)16-11/h5-6,8-9,12,15H,3-4,7H2,1-2H3,(H,18,19). The summed E-state index contributed by atoms with van der Waals surface area (Å²) in [5.41, 5.74) is 2.90. The Kier molecular flexibility index (Phi) is 4.16. The SMILES string of the molecule is CCCC(NCc1cn2cc(C)ccc2n1)C(=O)O. The number of nitrogens with one attached hydrogen (secondary N) is 1. The van der Waals surface area contributed by atoms with Crippen molar-refractivity contribution in [1.29, 1.82) is 0 Å². The first-order valence-electron chi connectivity index (χ1n) is 6.50. The third kappa shape index (κ3) is 3.32. The number of imidazole rings is 1. The minimum Gasteiger partial charge on any atom is -0.480 e. The van der Waals surface area contributed by atoms with Gasteiger partial charge in [0.25, 0.3) is 0 Å². The number of aryl methyl sites for hydroxylation is 1. The number of fused-ring (bicyclic) bond motifs is 1. The van der Waals surface area contributed by atoms with Crippen LogP contribution in [0, 0.1) is 6.92 Å². The first kappa shape index (κ1) is 13.5. The molecular formula is C14H19N3O2. The van der Waals surface area contributed by atoms with Gasteiger partial charge in [-0.1, -0.05) is 19.4 Å². The molecule has 2 heterocycles. The van der Waals surface area contributed by atoms with Gasteiger partial charge < -0.3 is 9.51 Å². The molecular weight excluding hydrogens is 242 g/mol. The molecule has 0 amide bonds. The summed E-state index contributed by atoms with van der Waals surface area (Å²) >= 11 is 0. The molecule has 0 spiro atoms. The van der Waals surface area contributed by atoms with E-state index in [0.717, 1.165) is 17.8 Å². The summed E-state index contributed by atoms with van der Waals surface area (Å²) in [6, 6.07) is 3.47.